The number of carbonyl (C=O) groups is 1. The van der Waals surface area contributed by atoms with Gasteiger partial charge in [0.15, 0.2) is 0 Å². The first-order valence-electron chi connectivity index (χ1n) is 7.92. The second kappa shape index (κ2) is 7.89. The first-order chi connectivity index (χ1) is 12.1. The second-order valence-electron chi connectivity index (χ2n) is 5.91. The smallest absolute Gasteiger partial charge is 0.253 e. The molecule has 0 atom stereocenters. The van der Waals surface area contributed by atoms with Gasteiger partial charge in [0.05, 0.1) is 30.6 Å². The molecule has 0 radical (unpaired) electrons. The number of rotatable bonds is 7. The minimum atomic E-state index is -0.215. The van der Waals surface area contributed by atoms with Crippen molar-refractivity contribution in [3.8, 4) is 11.6 Å². The molecule has 0 aliphatic heterocycles. The Balaban J connectivity index is 1.54. The Kier molecular flexibility index (Phi) is 5.39. The number of pyridine rings is 1. The molecule has 0 fully saturated rings. The molecule has 3 aromatic rings. The topological polar surface area (TPSA) is 81.9 Å². The van der Waals surface area contributed by atoms with Crippen molar-refractivity contribution in [2.75, 3.05) is 6.61 Å². The highest BCUT2D eigenvalue weighted by Gasteiger charge is 2.09. The van der Waals surface area contributed by atoms with E-state index in [0.29, 0.717) is 36.2 Å². The zero-order valence-corrected chi connectivity index (χ0v) is 14.9. The van der Waals surface area contributed by atoms with Crippen LogP contribution in [-0.2, 0) is 6.54 Å². The van der Waals surface area contributed by atoms with E-state index in [1.54, 1.807) is 34.3 Å². The van der Waals surface area contributed by atoms with Crippen molar-refractivity contribution in [1.82, 2.24) is 25.3 Å². The average Bonchev–Trinajstić information content (AvgIpc) is 3.29. The van der Waals surface area contributed by atoms with E-state index in [2.05, 4.69) is 34.5 Å². The molecule has 1 N–H and O–H groups in total. The third kappa shape index (κ3) is 4.63. The number of thiophene rings is 1. The van der Waals surface area contributed by atoms with Crippen molar-refractivity contribution >= 4 is 17.2 Å². The van der Waals surface area contributed by atoms with E-state index in [4.69, 9.17) is 4.74 Å². The molecule has 130 valence electrons. The Morgan fingerprint density at radius 3 is 2.92 bits per heavy atom. The van der Waals surface area contributed by atoms with Crippen LogP contribution in [0.5, 0.6) is 5.88 Å². The second-order valence-corrected chi connectivity index (χ2v) is 6.69. The molecule has 8 heteroatoms. The molecule has 0 aromatic carbocycles. The van der Waals surface area contributed by atoms with Crippen LogP contribution in [0.4, 0.5) is 0 Å². The molecule has 0 unspecified atom stereocenters. The average molecular weight is 357 g/mol. The molecule has 3 heterocycles. The predicted molar refractivity (Wildman–Crippen MR) is 95.0 cm³/mol. The molecule has 0 saturated heterocycles. The molecule has 0 aliphatic rings. The minimum absolute atomic E-state index is 0.215. The number of nitrogens with zero attached hydrogens (tertiary/aromatic N) is 4. The van der Waals surface area contributed by atoms with E-state index in [-0.39, 0.29) is 5.91 Å². The first-order valence-corrected chi connectivity index (χ1v) is 8.87. The standard InChI is InChI=1S/C17H19N5O2S/c1-12(2)10-24-16-4-3-13(7-18-16)17(23)19-8-14-9-22(21-20-14)15-5-6-25-11-15/h3-7,9,11-12H,8,10H2,1-2H3,(H,19,23). The Labute approximate surface area is 149 Å². The molecule has 3 aromatic heterocycles. The fourth-order valence-electron chi connectivity index (χ4n) is 2.02. The van der Waals surface area contributed by atoms with Gasteiger partial charge in [-0.05, 0) is 23.4 Å². The summed E-state index contributed by atoms with van der Waals surface area (Å²) in [6, 6.07) is 5.35. The molecular weight excluding hydrogens is 338 g/mol. The van der Waals surface area contributed by atoms with E-state index in [1.165, 1.54) is 6.20 Å². The van der Waals surface area contributed by atoms with Gasteiger partial charge in [0, 0.05) is 17.6 Å². The third-order valence-corrected chi connectivity index (χ3v) is 3.98. The SMILES string of the molecule is CC(C)COc1ccc(C(=O)NCc2cn(-c3ccsc3)nn2)cn1. The Hall–Kier alpha value is -2.74. The van der Waals surface area contributed by atoms with Crippen LogP contribution >= 0.6 is 11.3 Å². The number of hydrogen-bond donors (Lipinski definition) is 1. The van der Waals surface area contributed by atoms with Gasteiger partial charge in [0.2, 0.25) is 5.88 Å². The largest absolute Gasteiger partial charge is 0.477 e. The Bertz CT molecular complexity index is 812. The highest BCUT2D eigenvalue weighted by Crippen LogP contribution is 2.11. The summed E-state index contributed by atoms with van der Waals surface area (Å²) < 4.78 is 7.19. The minimum Gasteiger partial charge on any atom is -0.477 e. The molecular formula is C17H19N5O2S. The van der Waals surface area contributed by atoms with Crippen LogP contribution < -0.4 is 10.1 Å². The summed E-state index contributed by atoms with van der Waals surface area (Å²) in [6.45, 7) is 5.03. The number of aromatic nitrogens is 4. The maximum atomic E-state index is 12.2. The van der Waals surface area contributed by atoms with Crippen LogP contribution in [-0.4, -0.2) is 32.5 Å². The van der Waals surface area contributed by atoms with Gasteiger partial charge in [-0.15, -0.1) is 5.10 Å². The lowest BCUT2D eigenvalue weighted by Gasteiger charge is -2.08. The summed E-state index contributed by atoms with van der Waals surface area (Å²) in [5.74, 6) is 0.726. The fourth-order valence-corrected chi connectivity index (χ4v) is 2.64. The molecule has 0 bridgehead atoms. The van der Waals surface area contributed by atoms with Crippen LogP contribution in [0.15, 0.2) is 41.4 Å². The van der Waals surface area contributed by atoms with Crippen molar-refractivity contribution in [1.29, 1.82) is 0 Å². The van der Waals surface area contributed by atoms with Gasteiger partial charge in [-0.2, -0.15) is 11.3 Å². The van der Waals surface area contributed by atoms with Crippen molar-refractivity contribution in [3.63, 3.8) is 0 Å². The van der Waals surface area contributed by atoms with Crippen molar-refractivity contribution in [2.45, 2.75) is 20.4 Å². The molecule has 0 saturated carbocycles. The summed E-state index contributed by atoms with van der Waals surface area (Å²) in [4.78, 5) is 16.3. The number of nitrogens with one attached hydrogen (secondary N) is 1. The van der Waals surface area contributed by atoms with Gasteiger partial charge in [-0.1, -0.05) is 19.1 Å². The maximum absolute atomic E-state index is 12.2. The molecule has 7 nitrogen and oxygen atoms in total. The Morgan fingerprint density at radius 1 is 1.36 bits per heavy atom. The molecule has 0 aliphatic carbocycles. The molecule has 1 amide bonds. The van der Waals surface area contributed by atoms with Gasteiger partial charge in [0.1, 0.15) is 5.69 Å². The highest BCUT2D eigenvalue weighted by molar-refractivity contribution is 7.08. The summed E-state index contributed by atoms with van der Waals surface area (Å²) in [7, 11) is 0. The number of carbonyl (C=O) groups excluding carboxylic acids is 1. The first kappa shape index (κ1) is 17.1. The van der Waals surface area contributed by atoms with Gasteiger partial charge in [0.25, 0.3) is 5.91 Å². The highest BCUT2D eigenvalue weighted by atomic mass is 32.1. The summed E-state index contributed by atoms with van der Waals surface area (Å²) in [5, 5.41) is 14.9. The third-order valence-electron chi connectivity index (χ3n) is 3.30. The van der Waals surface area contributed by atoms with Crippen LogP contribution in [0.25, 0.3) is 5.69 Å². The van der Waals surface area contributed by atoms with E-state index < -0.39 is 0 Å². The quantitative estimate of drug-likeness (QED) is 0.703. The van der Waals surface area contributed by atoms with Crippen LogP contribution in [0.3, 0.4) is 0 Å². The molecule has 25 heavy (non-hydrogen) atoms. The normalized spacial score (nSPS) is 10.8. The van der Waals surface area contributed by atoms with Gasteiger partial charge in [-0.3, -0.25) is 4.79 Å². The lowest BCUT2D eigenvalue weighted by molar-refractivity contribution is 0.0950. The summed E-state index contributed by atoms with van der Waals surface area (Å²) in [5.41, 5.74) is 2.11. The van der Waals surface area contributed by atoms with Gasteiger partial charge >= 0.3 is 0 Å². The zero-order valence-electron chi connectivity index (χ0n) is 14.0. The van der Waals surface area contributed by atoms with Crippen molar-refractivity contribution in [3.05, 3.63) is 52.6 Å². The molecule has 3 rings (SSSR count). The number of amides is 1. The maximum Gasteiger partial charge on any atom is 0.253 e. The summed E-state index contributed by atoms with van der Waals surface area (Å²) >= 11 is 1.59. The van der Waals surface area contributed by atoms with E-state index in [0.717, 1.165) is 5.69 Å². The van der Waals surface area contributed by atoms with E-state index in [9.17, 15) is 4.79 Å². The van der Waals surface area contributed by atoms with E-state index in [1.807, 2.05) is 16.8 Å². The monoisotopic (exact) mass is 357 g/mol. The Morgan fingerprint density at radius 2 is 2.24 bits per heavy atom. The number of hydrogen-bond acceptors (Lipinski definition) is 6. The molecule has 0 spiro atoms. The van der Waals surface area contributed by atoms with E-state index >= 15 is 0 Å². The van der Waals surface area contributed by atoms with Crippen LogP contribution in [0, 0.1) is 5.92 Å². The van der Waals surface area contributed by atoms with Crippen molar-refractivity contribution in [2.24, 2.45) is 5.92 Å². The summed E-state index contributed by atoms with van der Waals surface area (Å²) in [6.07, 6.45) is 3.30. The van der Waals surface area contributed by atoms with Crippen molar-refractivity contribution < 1.29 is 9.53 Å². The lowest BCUT2D eigenvalue weighted by Crippen LogP contribution is -2.23. The van der Waals surface area contributed by atoms with Crippen LogP contribution in [0.1, 0.15) is 29.9 Å². The lowest BCUT2D eigenvalue weighted by atomic mass is 10.2. The number of ether oxygens (including phenoxy) is 1. The predicted octanol–water partition coefficient (Wildman–Crippen LogP) is 2.69. The van der Waals surface area contributed by atoms with Crippen LogP contribution in [0.2, 0.25) is 0 Å². The zero-order chi connectivity index (χ0) is 17.6. The van der Waals surface area contributed by atoms with Gasteiger partial charge in [-0.25, -0.2) is 9.67 Å². The fraction of sp³-hybridized carbons (Fsp3) is 0.294. The van der Waals surface area contributed by atoms with Gasteiger partial charge < -0.3 is 10.1 Å².